The minimum absolute atomic E-state index is 0.0202. The predicted molar refractivity (Wildman–Crippen MR) is 70.9 cm³/mol. The summed E-state index contributed by atoms with van der Waals surface area (Å²) in [4.78, 5) is 0. The van der Waals surface area contributed by atoms with Gasteiger partial charge in [-0.3, -0.25) is 10.8 Å². The van der Waals surface area contributed by atoms with Gasteiger partial charge >= 0.3 is 0 Å². The molecule has 2 saturated carbocycles. The predicted octanol–water partition coefficient (Wildman–Crippen LogP) is 1.65. The number of nitrogens with zero attached hydrogens (tertiary/aromatic N) is 2. The smallest absolute Gasteiger partial charge is 0.0988 e. The quantitative estimate of drug-likeness (QED) is 0.344. The van der Waals surface area contributed by atoms with Crippen molar-refractivity contribution in [2.45, 2.75) is 51.6 Å². The van der Waals surface area contributed by atoms with Crippen molar-refractivity contribution >= 4 is 11.7 Å². The Bertz CT molecular complexity index is 379. The van der Waals surface area contributed by atoms with E-state index in [0.717, 1.165) is 25.7 Å². The molecule has 0 aromatic rings. The third-order valence-electron chi connectivity index (χ3n) is 4.92. The van der Waals surface area contributed by atoms with Gasteiger partial charge in [-0.25, -0.2) is 0 Å². The molecule has 0 heterocycles. The zero-order valence-corrected chi connectivity index (χ0v) is 11.0. The Morgan fingerprint density at radius 1 is 0.944 bits per heavy atom. The second kappa shape index (κ2) is 4.03. The number of hydrogen-bond donors (Lipinski definition) is 4. The molecular formula is C12H22N6. The van der Waals surface area contributed by atoms with Gasteiger partial charge in [0.2, 0.25) is 0 Å². The fraction of sp³-hybridized carbons (Fsp3) is 0.833. The summed E-state index contributed by atoms with van der Waals surface area (Å²) in [6.07, 6.45) is 3.67. The molecule has 0 spiro atoms. The van der Waals surface area contributed by atoms with Crippen molar-refractivity contribution in [2.75, 3.05) is 0 Å². The van der Waals surface area contributed by atoms with Crippen LogP contribution in [-0.2, 0) is 0 Å². The van der Waals surface area contributed by atoms with Gasteiger partial charge in [-0.05, 0) is 25.7 Å². The highest BCUT2D eigenvalue weighted by Crippen LogP contribution is 2.46. The molecule has 0 saturated heterocycles. The van der Waals surface area contributed by atoms with E-state index < -0.39 is 0 Å². The van der Waals surface area contributed by atoms with Crippen LogP contribution in [0, 0.1) is 21.6 Å². The lowest BCUT2D eigenvalue weighted by molar-refractivity contribution is 0.166. The van der Waals surface area contributed by atoms with Crippen molar-refractivity contribution in [1.82, 2.24) is 0 Å². The number of azo groups is 1. The van der Waals surface area contributed by atoms with Crippen LogP contribution < -0.4 is 11.5 Å². The fourth-order valence-corrected chi connectivity index (χ4v) is 2.57. The van der Waals surface area contributed by atoms with Crippen LogP contribution in [0.25, 0.3) is 0 Å². The largest absolute Gasteiger partial charge is 0.387 e. The van der Waals surface area contributed by atoms with E-state index in [0.29, 0.717) is 0 Å². The van der Waals surface area contributed by atoms with Gasteiger partial charge < -0.3 is 11.5 Å². The summed E-state index contributed by atoms with van der Waals surface area (Å²) in [5.41, 5.74) is 10.6. The van der Waals surface area contributed by atoms with E-state index in [1.165, 1.54) is 0 Å². The molecule has 0 bridgehead atoms. The molecule has 4 unspecified atom stereocenters. The summed E-state index contributed by atoms with van der Waals surface area (Å²) in [6.45, 7) is 3.93. The third kappa shape index (κ3) is 1.71. The molecule has 100 valence electrons. The summed E-state index contributed by atoms with van der Waals surface area (Å²) in [6, 6.07) is 0.0404. The molecule has 6 heteroatoms. The van der Waals surface area contributed by atoms with Crippen LogP contribution in [-0.4, -0.2) is 23.8 Å². The molecule has 2 aliphatic rings. The molecule has 2 aliphatic carbocycles. The number of hydrogen-bond acceptors (Lipinski definition) is 4. The maximum absolute atomic E-state index is 7.59. The molecular weight excluding hydrogens is 228 g/mol. The number of amidine groups is 2. The van der Waals surface area contributed by atoms with Crippen LogP contribution in [0.4, 0.5) is 0 Å². The van der Waals surface area contributed by atoms with Crippen molar-refractivity contribution in [1.29, 1.82) is 10.8 Å². The highest BCUT2D eigenvalue weighted by Gasteiger charge is 2.48. The van der Waals surface area contributed by atoms with Crippen molar-refractivity contribution in [3.63, 3.8) is 0 Å². The Morgan fingerprint density at radius 3 is 1.44 bits per heavy atom. The van der Waals surface area contributed by atoms with Crippen LogP contribution in [0.1, 0.15) is 39.5 Å². The first-order valence-corrected chi connectivity index (χ1v) is 6.39. The highest BCUT2D eigenvalue weighted by atomic mass is 15.2. The Kier molecular flexibility index (Phi) is 2.91. The van der Waals surface area contributed by atoms with Gasteiger partial charge in [0.25, 0.3) is 0 Å². The molecule has 4 atom stereocenters. The normalized spacial score (nSPS) is 43.2. The molecule has 0 aromatic carbocycles. The first-order valence-electron chi connectivity index (χ1n) is 6.39. The standard InChI is InChI=1S/C12H22N6/c1-11(9(13)14)5-3-7(11)17-18-8-4-6-12(8,2)10(15)16/h7-8H,3-6H2,1-2H3,(H3,13,14)(H3,15,16). The van der Waals surface area contributed by atoms with Gasteiger partial charge in [0, 0.05) is 10.8 Å². The second-order valence-electron chi connectivity index (χ2n) is 6.00. The Morgan fingerprint density at radius 2 is 1.28 bits per heavy atom. The van der Waals surface area contributed by atoms with Crippen LogP contribution in [0.3, 0.4) is 0 Å². The van der Waals surface area contributed by atoms with Crippen LogP contribution in [0.2, 0.25) is 0 Å². The van der Waals surface area contributed by atoms with Gasteiger partial charge in [-0.2, -0.15) is 10.2 Å². The zero-order valence-electron chi connectivity index (χ0n) is 11.0. The maximum Gasteiger partial charge on any atom is 0.0988 e. The van der Waals surface area contributed by atoms with Crippen molar-refractivity contribution in [3.8, 4) is 0 Å². The van der Waals surface area contributed by atoms with E-state index >= 15 is 0 Å². The van der Waals surface area contributed by atoms with E-state index in [2.05, 4.69) is 10.2 Å². The fourth-order valence-electron chi connectivity index (χ4n) is 2.57. The number of nitrogens with two attached hydrogens (primary N) is 2. The summed E-state index contributed by atoms with van der Waals surface area (Å²) in [7, 11) is 0. The summed E-state index contributed by atoms with van der Waals surface area (Å²) < 4.78 is 0. The number of rotatable bonds is 4. The monoisotopic (exact) mass is 250 g/mol. The minimum atomic E-state index is -0.320. The first kappa shape index (κ1) is 13.0. The van der Waals surface area contributed by atoms with Gasteiger partial charge in [0.15, 0.2) is 0 Å². The van der Waals surface area contributed by atoms with Crippen molar-refractivity contribution < 1.29 is 0 Å². The molecule has 0 amide bonds. The SMILES string of the molecule is CC1(C(=N)N)CCC1N=NC1CCC1(C)C(=N)N. The Balaban J connectivity index is 2.01. The number of nitrogens with one attached hydrogen (secondary N) is 2. The van der Waals surface area contributed by atoms with Crippen LogP contribution in [0.5, 0.6) is 0 Å². The Hall–Kier alpha value is -1.46. The van der Waals surface area contributed by atoms with E-state index in [-0.39, 0.29) is 34.6 Å². The van der Waals surface area contributed by atoms with Crippen molar-refractivity contribution in [3.05, 3.63) is 0 Å². The average Bonchev–Trinajstić information content (AvgIpc) is 2.28. The van der Waals surface area contributed by atoms with E-state index in [4.69, 9.17) is 22.3 Å². The van der Waals surface area contributed by atoms with E-state index in [1.54, 1.807) is 0 Å². The van der Waals surface area contributed by atoms with Crippen molar-refractivity contribution in [2.24, 2.45) is 32.5 Å². The third-order valence-corrected chi connectivity index (χ3v) is 4.92. The molecule has 2 rings (SSSR count). The van der Waals surface area contributed by atoms with E-state index in [1.807, 2.05) is 13.8 Å². The lowest BCUT2D eigenvalue weighted by Crippen LogP contribution is -2.52. The zero-order chi connectivity index (χ0) is 13.6. The minimum Gasteiger partial charge on any atom is -0.387 e. The van der Waals surface area contributed by atoms with Crippen LogP contribution in [0.15, 0.2) is 10.2 Å². The molecule has 0 aliphatic heterocycles. The summed E-state index contributed by atoms with van der Waals surface area (Å²) in [5, 5.41) is 23.9. The molecule has 0 radical (unpaired) electrons. The summed E-state index contributed by atoms with van der Waals surface area (Å²) in [5.74, 6) is 0.390. The van der Waals surface area contributed by atoms with Gasteiger partial charge in [0.05, 0.1) is 23.8 Å². The molecule has 2 fully saturated rings. The molecule has 6 nitrogen and oxygen atoms in total. The Labute approximate surface area is 107 Å². The molecule has 6 N–H and O–H groups in total. The first-order chi connectivity index (χ1) is 8.30. The molecule has 18 heavy (non-hydrogen) atoms. The maximum atomic E-state index is 7.59. The molecule has 0 aromatic heterocycles. The highest BCUT2D eigenvalue weighted by molar-refractivity contribution is 5.85. The van der Waals surface area contributed by atoms with Gasteiger partial charge in [0.1, 0.15) is 0 Å². The van der Waals surface area contributed by atoms with Crippen LogP contribution >= 0.6 is 0 Å². The average molecular weight is 250 g/mol. The lowest BCUT2D eigenvalue weighted by atomic mass is 9.64. The lowest BCUT2D eigenvalue weighted by Gasteiger charge is -2.45. The van der Waals surface area contributed by atoms with Gasteiger partial charge in [-0.15, -0.1) is 0 Å². The second-order valence-corrected chi connectivity index (χ2v) is 6.00. The van der Waals surface area contributed by atoms with E-state index in [9.17, 15) is 0 Å². The summed E-state index contributed by atoms with van der Waals surface area (Å²) >= 11 is 0. The van der Waals surface area contributed by atoms with Gasteiger partial charge in [-0.1, -0.05) is 13.8 Å². The topological polar surface area (TPSA) is 124 Å².